The lowest BCUT2D eigenvalue weighted by molar-refractivity contribution is 0.265. The molecule has 6 heteroatoms. The van der Waals surface area contributed by atoms with Crippen LogP contribution >= 0.6 is 0 Å². The van der Waals surface area contributed by atoms with Crippen LogP contribution in [0.4, 0.5) is 8.78 Å². The fourth-order valence-corrected chi connectivity index (χ4v) is 2.49. The van der Waals surface area contributed by atoms with Gasteiger partial charge in [-0.2, -0.15) is 0 Å². The molecule has 0 fully saturated rings. The van der Waals surface area contributed by atoms with E-state index < -0.39 is 11.6 Å². The van der Waals surface area contributed by atoms with E-state index in [9.17, 15) is 13.9 Å². The molecule has 134 valence electrons. The summed E-state index contributed by atoms with van der Waals surface area (Å²) in [5.74, 6) is -0.608. The van der Waals surface area contributed by atoms with Crippen molar-refractivity contribution in [2.24, 2.45) is 4.99 Å². The highest BCUT2D eigenvalue weighted by atomic mass is 19.1. The third-order valence-electron chi connectivity index (χ3n) is 3.93. The quantitative estimate of drug-likeness (QED) is 0.533. The Labute approximate surface area is 146 Å². The molecule has 0 aromatic heterocycles. The zero-order chi connectivity index (χ0) is 18.1. The van der Waals surface area contributed by atoms with Gasteiger partial charge in [-0.05, 0) is 23.6 Å². The Kier molecular flexibility index (Phi) is 7.35. The van der Waals surface area contributed by atoms with E-state index in [1.807, 2.05) is 30.3 Å². The molecule has 0 aliphatic heterocycles. The van der Waals surface area contributed by atoms with Crippen LogP contribution in [-0.2, 0) is 6.42 Å². The van der Waals surface area contributed by atoms with Crippen molar-refractivity contribution in [2.45, 2.75) is 12.3 Å². The van der Waals surface area contributed by atoms with E-state index in [1.165, 1.54) is 12.1 Å². The lowest BCUT2D eigenvalue weighted by Gasteiger charge is -2.18. The first-order valence-corrected chi connectivity index (χ1v) is 8.18. The highest BCUT2D eigenvalue weighted by Gasteiger charge is 2.11. The minimum absolute atomic E-state index is 0.0226. The van der Waals surface area contributed by atoms with E-state index in [4.69, 9.17) is 0 Å². The predicted molar refractivity (Wildman–Crippen MR) is 95.7 cm³/mol. The van der Waals surface area contributed by atoms with E-state index in [2.05, 4.69) is 15.6 Å². The second kappa shape index (κ2) is 9.74. The zero-order valence-corrected chi connectivity index (χ0v) is 14.2. The van der Waals surface area contributed by atoms with Crippen LogP contribution in [0.25, 0.3) is 0 Å². The van der Waals surface area contributed by atoms with Crippen molar-refractivity contribution < 1.29 is 13.9 Å². The normalized spacial score (nSPS) is 12.7. The minimum Gasteiger partial charge on any atom is -0.396 e. The minimum atomic E-state index is -0.581. The molecule has 1 unspecified atom stereocenters. The lowest BCUT2D eigenvalue weighted by Crippen LogP contribution is -2.40. The van der Waals surface area contributed by atoms with Crippen molar-refractivity contribution in [3.8, 4) is 0 Å². The van der Waals surface area contributed by atoms with Gasteiger partial charge in [-0.25, -0.2) is 8.78 Å². The fourth-order valence-electron chi connectivity index (χ4n) is 2.49. The maximum Gasteiger partial charge on any atom is 0.191 e. The maximum atomic E-state index is 13.6. The Morgan fingerprint density at radius 2 is 1.88 bits per heavy atom. The molecular formula is C19H23F2N3O. The number of hydrogen-bond donors (Lipinski definition) is 3. The topological polar surface area (TPSA) is 56.7 Å². The molecule has 0 saturated carbocycles. The molecular weight excluding hydrogens is 324 g/mol. The molecule has 0 heterocycles. The number of hydrogen-bond acceptors (Lipinski definition) is 2. The highest BCUT2D eigenvalue weighted by Crippen LogP contribution is 2.13. The summed E-state index contributed by atoms with van der Waals surface area (Å²) in [5, 5.41) is 15.8. The van der Waals surface area contributed by atoms with Gasteiger partial charge < -0.3 is 15.7 Å². The third kappa shape index (κ3) is 5.83. The van der Waals surface area contributed by atoms with Crippen molar-refractivity contribution in [1.82, 2.24) is 10.6 Å². The molecule has 25 heavy (non-hydrogen) atoms. The molecule has 2 rings (SSSR count). The van der Waals surface area contributed by atoms with Gasteiger partial charge in [0.1, 0.15) is 11.6 Å². The monoisotopic (exact) mass is 347 g/mol. The van der Waals surface area contributed by atoms with Crippen molar-refractivity contribution in [3.63, 3.8) is 0 Å². The number of benzene rings is 2. The molecule has 2 aromatic carbocycles. The van der Waals surface area contributed by atoms with Gasteiger partial charge in [0.05, 0.1) is 6.61 Å². The first kappa shape index (κ1) is 18.9. The number of guanidine groups is 1. The van der Waals surface area contributed by atoms with Crippen molar-refractivity contribution in [3.05, 3.63) is 71.3 Å². The summed E-state index contributed by atoms with van der Waals surface area (Å²) < 4.78 is 26.5. The lowest BCUT2D eigenvalue weighted by atomic mass is 10.0. The Morgan fingerprint density at radius 3 is 2.52 bits per heavy atom. The first-order valence-electron chi connectivity index (χ1n) is 8.18. The van der Waals surface area contributed by atoms with Gasteiger partial charge in [0.15, 0.2) is 5.96 Å². The van der Waals surface area contributed by atoms with E-state index in [0.717, 1.165) is 11.6 Å². The van der Waals surface area contributed by atoms with Crippen LogP contribution in [0.3, 0.4) is 0 Å². The summed E-state index contributed by atoms with van der Waals surface area (Å²) >= 11 is 0. The summed E-state index contributed by atoms with van der Waals surface area (Å²) in [4.78, 5) is 4.11. The van der Waals surface area contributed by atoms with E-state index >= 15 is 0 Å². The van der Waals surface area contributed by atoms with Gasteiger partial charge in [-0.3, -0.25) is 4.99 Å². The van der Waals surface area contributed by atoms with E-state index in [-0.39, 0.29) is 12.5 Å². The van der Waals surface area contributed by atoms with Gasteiger partial charge in [0, 0.05) is 32.1 Å². The van der Waals surface area contributed by atoms with Crippen molar-refractivity contribution in [2.75, 3.05) is 26.7 Å². The third-order valence-corrected chi connectivity index (χ3v) is 3.93. The average Bonchev–Trinajstić information content (AvgIpc) is 2.63. The summed E-state index contributed by atoms with van der Waals surface area (Å²) in [6.07, 6.45) is 0.412. The Bertz CT molecular complexity index is 692. The summed E-state index contributed by atoms with van der Waals surface area (Å²) in [6, 6.07) is 13.3. The van der Waals surface area contributed by atoms with Gasteiger partial charge in [0.25, 0.3) is 0 Å². The summed E-state index contributed by atoms with van der Waals surface area (Å²) in [7, 11) is 1.64. The summed E-state index contributed by atoms with van der Waals surface area (Å²) in [5.41, 5.74) is 1.49. The number of aliphatic imine (C=N–C) groups is 1. The van der Waals surface area contributed by atoms with Crippen LogP contribution in [0, 0.1) is 11.6 Å². The maximum absolute atomic E-state index is 13.6. The Hall–Kier alpha value is -2.47. The molecule has 0 spiro atoms. The van der Waals surface area contributed by atoms with Gasteiger partial charge in [0.2, 0.25) is 0 Å². The molecule has 0 amide bonds. The van der Waals surface area contributed by atoms with E-state index in [0.29, 0.717) is 31.0 Å². The van der Waals surface area contributed by atoms with Crippen LogP contribution in [0.2, 0.25) is 0 Å². The van der Waals surface area contributed by atoms with Gasteiger partial charge in [-0.1, -0.05) is 36.4 Å². The number of aliphatic hydroxyl groups is 1. The van der Waals surface area contributed by atoms with Crippen LogP contribution in [0.1, 0.15) is 17.0 Å². The first-order chi connectivity index (χ1) is 12.1. The number of halogens is 2. The smallest absolute Gasteiger partial charge is 0.191 e. The molecule has 0 aliphatic rings. The predicted octanol–water partition coefficient (Wildman–Crippen LogP) is 2.45. The zero-order valence-electron chi connectivity index (χ0n) is 14.2. The van der Waals surface area contributed by atoms with Crippen molar-refractivity contribution >= 4 is 5.96 Å². The molecule has 0 bridgehead atoms. The Morgan fingerprint density at radius 1 is 1.12 bits per heavy atom. The molecule has 4 nitrogen and oxygen atoms in total. The standard InChI is InChI=1S/C19H23F2N3O/c1-22-19(23-10-9-15-7-8-17(20)11-18(15)21)24-12-16(13-25)14-5-3-2-4-6-14/h2-8,11,16,25H,9-10,12-13H2,1H3,(H2,22,23,24). The number of rotatable bonds is 7. The molecule has 0 aliphatic carbocycles. The molecule has 3 N–H and O–H groups in total. The number of nitrogens with zero attached hydrogens (tertiary/aromatic N) is 1. The molecule has 0 saturated heterocycles. The largest absolute Gasteiger partial charge is 0.396 e. The highest BCUT2D eigenvalue weighted by molar-refractivity contribution is 5.79. The van der Waals surface area contributed by atoms with Crippen LogP contribution < -0.4 is 10.6 Å². The molecule has 1 atom stereocenters. The molecule has 0 radical (unpaired) electrons. The SMILES string of the molecule is CN=C(NCCc1ccc(F)cc1F)NCC(CO)c1ccccc1. The second-order valence-corrected chi connectivity index (χ2v) is 5.66. The second-order valence-electron chi connectivity index (χ2n) is 5.66. The van der Waals surface area contributed by atoms with Crippen LogP contribution in [0.5, 0.6) is 0 Å². The van der Waals surface area contributed by atoms with E-state index in [1.54, 1.807) is 7.05 Å². The van der Waals surface area contributed by atoms with Crippen LogP contribution in [-0.4, -0.2) is 37.8 Å². The summed E-state index contributed by atoms with van der Waals surface area (Å²) in [6.45, 7) is 0.997. The number of aliphatic hydroxyl groups excluding tert-OH is 1. The van der Waals surface area contributed by atoms with Gasteiger partial charge >= 0.3 is 0 Å². The Balaban J connectivity index is 1.82. The van der Waals surface area contributed by atoms with Gasteiger partial charge in [-0.15, -0.1) is 0 Å². The van der Waals surface area contributed by atoms with Crippen molar-refractivity contribution in [1.29, 1.82) is 0 Å². The fraction of sp³-hybridized carbons (Fsp3) is 0.316. The average molecular weight is 347 g/mol. The number of nitrogens with one attached hydrogen (secondary N) is 2. The van der Waals surface area contributed by atoms with Crippen LogP contribution in [0.15, 0.2) is 53.5 Å². The molecule has 2 aromatic rings.